The van der Waals surface area contributed by atoms with Gasteiger partial charge in [0.2, 0.25) is 0 Å². The summed E-state index contributed by atoms with van der Waals surface area (Å²) in [6.07, 6.45) is 1.42. The molecule has 0 atom stereocenters. The van der Waals surface area contributed by atoms with Crippen molar-refractivity contribution in [3.8, 4) is 5.75 Å². The van der Waals surface area contributed by atoms with Crippen LogP contribution in [0.4, 0.5) is 14.5 Å². The predicted octanol–water partition coefficient (Wildman–Crippen LogP) is 2.58. The Kier molecular flexibility index (Phi) is 3.97. The van der Waals surface area contributed by atoms with Crippen LogP contribution < -0.4 is 10.1 Å². The SMILES string of the molecule is Cc1c(C(=O)Nc2ccccc2OC(F)F)cnn1C. The number of aryl methyl sites for hydroxylation is 1. The van der Waals surface area contributed by atoms with Crippen LogP contribution in [0.15, 0.2) is 30.5 Å². The number of alkyl halides is 2. The number of hydrogen-bond acceptors (Lipinski definition) is 3. The lowest BCUT2D eigenvalue weighted by Crippen LogP contribution is -2.14. The summed E-state index contributed by atoms with van der Waals surface area (Å²) in [5.74, 6) is -0.515. The van der Waals surface area contributed by atoms with Gasteiger partial charge in [-0.3, -0.25) is 9.48 Å². The first-order chi connectivity index (χ1) is 9.49. The minimum atomic E-state index is -2.95. The molecule has 0 radical (unpaired) electrons. The van der Waals surface area contributed by atoms with E-state index in [1.54, 1.807) is 30.8 Å². The second-order valence-corrected chi connectivity index (χ2v) is 4.10. The van der Waals surface area contributed by atoms with E-state index in [9.17, 15) is 13.6 Å². The number of hydrogen-bond donors (Lipinski definition) is 1. The van der Waals surface area contributed by atoms with Gasteiger partial charge in [-0.25, -0.2) is 0 Å². The Bertz CT molecular complexity index is 626. The molecular formula is C13H13F2N3O2. The Morgan fingerprint density at radius 1 is 1.40 bits per heavy atom. The first kappa shape index (κ1) is 14.0. The maximum absolute atomic E-state index is 12.3. The number of carbonyl (C=O) groups is 1. The summed E-state index contributed by atoms with van der Waals surface area (Å²) in [6.45, 7) is -1.21. The van der Waals surface area contributed by atoms with Crippen LogP contribution in [-0.2, 0) is 7.05 Å². The third-order valence-electron chi connectivity index (χ3n) is 2.83. The fraction of sp³-hybridized carbons (Fsp3) is 0.231. The number of para-hydroxylation sites is 2. The average molecular weight is 281 g/mol. The molecule has 5 nitrogen and oxygen atoms in total. The van der Waals surface area contributed by atoms with Crippen LogP contribution in [-0.4, -0.2) is 22.3 Å². The summed E-state index contributed by atoms with van der Waals surface area (Å²) in [4.78, 5) is 12.1. The van der Waals surface area contributed by atoms with Gasteiger partial charge >= 0.3 is 6.61 Å². The van der Waals surface area contributed by atoms with Gasteiger partial charge in [0, 0.05) is 12.7 Å². The van der Waals surface area contributed by atoms with Crippen LogP contribution in [0.25, 0.3) is 0 Å². The number of amides is 1. The number of anilines is 1. The number of rotatable bonds is 4. The molecule has 1 aromatic carbocycles. The summed E-state index contributed by atoms with van der Waals surface area (Å²) in [7, 11) is 1.71. The van der Waals surface area contributed by atoms with Gasteiger partial charge < -0.3 is 10.1 Å². The molecule has 1 N–H and O–H groups in total. The van der Waals surface area contributed by atoms with E-state index < -0.39 is 12.5 Å². The van der Waals surface area contributed by atoms with Crippen LogP contribution >= 0.6 is 0 Å². The topological polar surface area (TPSA) is 56.1 Å². The highest BCUT2D eigenvalue weighted by atomic mass is 19.3. The first-order valence-corrected chi connectivity index (χ1v) is 5.83. The molecule has 1 amide bonds. The highest BCUT2D eigenvalue weighted by Crippen LogP contribution is 2.26. The standard InChI is InChI=1S/C13H13F2N3O2/c1-8-9(7-16-18(8)2)12(19)17-10-5-3-4-6-11(10)20-13(14)15/h3-7,13H,1-2H3,(H,17,19). The zero-order valence-corrected chi connectivity index (χ0v) is 10.9. The van der Waals surface area contributed by atoms with Crippen molar-refractivity contribution in [1.82, 2.24) is 9.78 Å². The van der Waals surface area contributed by atoms with Crippen molar-refractivity contribution >= 4 is 11.6 Å². The summed E-state index contributed by atoms with van der Waals surface area (Å²) < 4.78 is 30.5. The molecule has 1 heterocycles. The molecule has 0 aliphatic carbocycles. The van der Waals surface area contributed by atoms with E-state index in [1.165, 1.54) is 18.3 Å². The van der Waals surface area contributed by atoms with Crippen LogP contribution in [0.3, 0.4) is 0 Å². The van der Waals surface area contributed by atoms with Crippen LogP contribution in [0.5, 0.6) is 5.75 Å². The van der Waals surface area contributed by atoms with Crippen molar-refractivity contribution in [3.63, 3.8) is 0 Å². The zero-order valence-electron chi connectivity index (χ0n) is 10.9. The molecule has 106 valence electrons. The number of halogens is 2. The van der Waals surface area contributed by atoms with Crippen molar-refractivity contribution in [2.24, 2.45) is 7.05 Å². The molecule has 2 rings (SSSR count). The van der Waals surface area contributed by atoms with Gasteiger partial charge in [-0.15, -0.1) is 0 Å². The number of ether oxygens (including phenoxy) is 1. The van der Waals surface area contributed by atoms with Crippen LogP contribution in [0.2, 0.25) is 0 Å². The molecular weight excluding hydrogens is 268 g/mol. The minimum absolute atomic E-state index is 0.0857. The summed E-state index contributed by atoms with van der Waals surface area (Å²) >= 11 is 0. The fourth-order valence-electron chi connectivity index (χ4n) is 1.68. The molecule has 20 heavy (non-hydrogen) atoms. The molecule has 0 aliphatic heterocycles. The molecule has 0 saturated heterocycles. The molecule has 0 unspecified atom stereocenters. The molecule has 1 aromatic heterocycles. The lowest BCUT2D eigenvalue weighted by Gasteiger charge is -2.11. The molecule has 0 aliphatic rings. The van der Waals surface area contributed by atoms with Gasteiger partial charge in [0.1, 0.15) is 5.75 Å². The van der Waals surface area contributed by atoms with Gasteiger partial charge in [-0.1, -0.05) is 12.1 Å². The normalized spacial score (nSPS) is 10.7. The van der Waals surface area contributed by atoms with Crippen molar-refractivity contribution in [1.29, 1.82) is 0 Å². The van der Waals surface area contributed by atoms with Crippen molar-refractivity contribution in [2.75, 3.05) is 5.32 Å². The number of carbonyl (C=O) groups excluding carboxylic acids is 1. The van der Waals surface area contributed by atoms with E-state index in [4.69, 9.17) is 0 Å². The van der Waals surface area contributed by atoms with Crippen LogP contribution in [0, 0.1) is 6.92 Å². The highest BCUT2D eigenvalue weighted by molar-refractivity contribution is 6.05. The van der Waals surface area contributed by atoms with E-state index in [0.29, 0.717) is 11.3 Å². The molecule has 7 heteroatoms. The summed E-state index contributed by atoms with van der Waals surface area (Å²) in [5, 5.41) is 6.49. The lowest BCUT2D eigenvalue weighted by molar-refractivity contribution is -0.0493. The number of nitrogens with one attached hydrogen (secondary N) is 1. The molecule has 0 saturated carbocycles. The Labute approximate surface area is 114 Å². The Morgan fingerprint density at radius 2 is 2.10 bits per heavy atom. The lowest BCUT2D eigenvalue weighted by atomic mass is 10.2. The van der Waals surface area contributed by atoms with Gasteiger partial charge in [-0.05, 0) is 19.1 Å². The molecule has 0 spiro atoms. The molecule has 0 bridgehead atoms. The van der Waals surface area contributed by atoms with Gasteiger partial charge in [0.25, 0.3) is 5.91 Å². The monoisotopic (exact) mass is 281 g/mol. The van der Waals surface area contributed by atoms with E-state index >= 15 is 0 Å². The van der Waals surface area contributed by atoms with E-state index in [-0.39, 0.29) is 11.4 Å². The van der Waals surface area contributed by atoms with Crippen LogP contribution in [0.1, 0.15) is 16.1 Å². The number of nitrogens with zero attached hydrogens (tertiary/aromatic N) is 2. The number of benzene rings is 1. The average Bonchev–Trinajstić information content (AvgIpc) is 2.72. The predicted molar refractivity (Wildman–Crippen MR) is 69.0 cm³/mol. The minimum Gasteiger partial charge on any atom is -0.433 e. The Morgan fingerprint density at radius 3 is 2.70 bits per heavy atom. The molecule has 2 aromatic rings. The van der Waals surface area contributed by atoms with Gasteiger partial charge in [0.05, 0.1) is 17.4 Å². The fourth-order valence-corrected chi connectivity index (χ4v) is 1.68. The summed E-state index contributed by atoms with van der Waals surface area (Å²) in [6, 6.07) is 6.01. The second-order valence-electron chi connectivity index (χ2n) is 4.10. The first-order valence-electron chi connectivity index (χ1n) is 5.83. The second kappa shape index (κ2) is 5.68. The third kappa shape index (κ3) is 2.93. The zero-order chi connectivity index (χ0) is 14.7. The Hall–Kier alpha value is -2.44. The summed E-state index contributed by atoms with van der Waals surface area (Å²) in [5.41, 5.74) is 1.23. The third-order valence-corrected chi connectivity index (χ3v) is 2.83. The maximum atomic E-state index is 12.3. The quantitative estimate of drug-likeness (QED) is 0.937. The highest BCUT2D eigenvalue weighted by Gasteiger charge is 2.16. The van der Waals surface area contributed by atoms with E-state index in [2.05, 4.69) is 15.2 Å². The Balaban J connectivity index is 2.22. The van der Waals surface area contributed by atoms with E-state index in [1.807, 2.05) is 0 Å². The van der Waals surface area contributed by atoms with E-state index in [0.717, 1.165) is 0 Å². The smallest absolute Gasteiger partial charge is 0.387 e. The van der Waals surface area contributed by atoms with Crippen molar-refractivity contribution < 1.29 is 18.3 Å². The van der Waals surface area contributed by atoms with Crippen molar-refractivity contribution in [3.05, 3.63) is 41.7 Å². The number of aromatic nitrogens is 2. The maximum Gasteiger partial charge on any atom is 0.387 e. The largest absolute Gasteiger partial charge is 0.433 e. The molecule has 0 fully saturated rings. The van der Waals surface area contributed by atoms with Crippen molar-refractivity contribution in [2.45, 2.75) is 13.5 Å². The van der Waals surface area contributed by atoms with Gasteiger partial charge in [0.15, 0.2) is 0 Å². The van der Waals surface area contributed by atoms with Gasteiger partial charge in [-0.2, -0.15) is 13.9 Å².